The van der Waals surface area contributed by atoms with Crippen molar-refractivity contribution in [3.8, 4) is 0 Å². The normalized spacial score (nSPS) is 15.1. The molecular weight excluding hydrogens is 378 g/mol. The van der Waals surface area contributed by atoms with Crippen molar-refractivity contribution < 1.29 is 19.5 Å². The van der Waals surface area contributed by atoms with Crippen LogP contribution in [0.25, 0.3) is 0 Å². The van der Waals surface area contributed by atoms with Gasteiger partial charge in [0, 0.05) is 36.6 Å². The monoisotopic (exact) mass is 405 g/mol. The number of aliphatic carboxylic acids is 1. The summed E-state index contributed by atoms with van der Waals surface area (Å²) in [6.07, 6.45) is 6.73. The van der Waals surface area contributed by atoms with E-state index < -0.39 is 35.9 Å². The van der Waals surface area contributed by atoms with E-state index in [1.165, 1.54) is 25.0 Å². The quantitative estimate of drug-likeness (QED) is 0.287. The molecule has 2 aromatic heterocycles. The van der Waals surface area contributed by atoms with Gasteiger partial charge in [0.2, 0.25) is 11.8 Å². The largest absolute Gasteiger partial charge is 0.480 e. The average Bonchev–Trinajstić information content (AvgIpc) is 3.39. The number of hydrogen-bond acceptors (Lipinski definition) is 6. The van der Waals surface area contributed by atoms with E-state index in [4.69, 9.17) is 5.73 Å². The van der Waals surface area contributed by atoms with Gasteiger partial charge in [0.05, 0.1) is 18.7 Å². The zero-order valence-electron chi connectivity index (χ0n) is 16.4. The fraction of sp³-hybridized carbons (Fsp3) is 0.500. The van der Waals surface area contributed by atoms with Gasteiger partial charge in [-0.3, -0.25) is 9.59 Å². The van der Waals surface area contributed by atoms with Crippen LogP contribution in [0.5, 0.6) is 0 Å². The van der Waals surface area contributed by atoms with Gasteiger partial charge >= 0.3 is 5.97 Å². The lowest BCUT2D eigenvalue weighted by Gasteiger charge is -2.24. The van der Waals surface area contributed by atoms with Gasteiger partial charge in [-0.05, 0) is 5.92 Å². The van der Waals surface area contributed by atoms with Crippen LogP contribution in [0.3, 0.4) is 0 Å². The molecule has 158 valence electrons. The maximum Gasteiger partial charge on any atom is 0.326 e. The molecule has 0 aliphatic heterocycles. The Bertz CT molecular complexity index is 791. The van der Waals surface area contributed by atoms with Gasteiger partial charge in [0.25, 0.3) is 0 Å². The summed E-state index contributed by atoms with van der Waals surface area (Å²) in [5.41, 5.74) is 7.14. The summed E-state index contributed by atoms with van der Waals surface area (Å²) in [5.74, 6) is -2.37. The smallest absolute Gasteiger partial charge is 0.326 e. The summed E-state index contributed by atoms with van der Waals surface area (Å²) < 4.78 is 0. The first-order valence-corrected chi connectivity index (χ1v) is 9.35. The van der Waals surface area contributed by atoms with Crippen LogP contribution in [0.15, 0.2) is 25.0 Å². The zero-order valence-corrected chi connectivity index (χ0v) is 16.4. The molecule has 4 unspecified atom stereocenters. The summed E-state index contributed by atoms with van der Waals surface area (Å²) in [4.78, 5) is 50.3. The number of amides is 2. The number of nitrogens with one attached hydrogen (secondary N) is 4. The van der Waals surface area contributed by atoms with E-state index in [-0.39, 0.29) is 18.8 Å². The lowest BCUT2D eigenvalue weighted by Crippen LogP contribution is -2.56. The summed E-state index contributed by atoms with van der Waals surface area (Å²) in [7, 11) is 0. The van der Waals surface area contributed by atoms with Gasteiger partial charge in [-0.15, -0.1) is 0 Å². The molecule has 0 bridgehead atoms. The van der Waals surface area contributed by atoms with E-state index >= 15 is 0 Å². The summed E-state index contributed by atoms with van der Waals surface area (Å²) in [6.45, 7) is 3.76. The lowest BCUT2D eigenvalue weighted by molar-refractivity contribution is -0.142. The molecule has 7 N–H and O–H groups in total. The number of imidazole rings is 2. The Balaban J connectivity index is 2.12. The maximum atomic E-state index is 12.8. The van der Waals surface area contributed by atoms with Gasteiger partial charge in [0.1, 0.15) is 12.1 Å². The van der Waals surface area contributed by atoms with Gasteiger partial charge in [0.15, 0.2) is 0 Å². The third kappa shape index (κ3) is 6.42. The minimum atomic E-state index is -1.20. The Kier molecular flexibility index (Phi) is 7.89. The van der Waals surface area contributed by atoms with Gasteiger partial charge in [-0.25, -0.2) is 14.8 Å². The number of carboxylic acids is 1. The van der Waals surface area contributed by atoms with Crippen molar-refractivity contribution in [1.82, 2.24) is 30.6 Å². The van der Waals surface area contributed by atoms with Gasteiger partial charge in [-0.2, -0.15) is 0 Å². The Hall–Kier alpha value is -3.21. The van der Waals surface area contributed by atoms with Crippen molar-refractivity contribution in [3.05, 3.63) is 36.4 Å². The van der Waals surface area contributed by atoms with E-state index in [1.54, 1.807) is 0 Å². The SMILES string of the molecule is CCC(C)C(N)C(=O)NC(Cc1cnc[nH]1)C(=O)NC(Cc1cnc[nH]1)C(=O)O. The predicted molar refractivity (Wildman–Crippen MR) is 104 cm³/mol. The number of aromatic amines is 2. The second-order valence-electron chi connectivity index (χ2n) is 6.93. The van der Waals surface area contributed by atoms with Crippen molar-refractivity contribution in [1.29, 1.82) is 0 Å². The molecule has 0 fully saturated rings. The first kappa shape index (κ1) is 22.1. The molecule has 11 nitrogen and oxygen atoms in total. The van der Waals surface area contributed by atoms with E-state index in [9.17, 15) is 19.5 Å². The topological polar surface area (TPSA) is 179 Å². The maximum absolute atomic E-state index is 12.8. The van der Waals surface area contributed by atoms with E-state index in [2.05, 4.69) is 30.6 Å². The number of nitrogens with zero attached hydrogens (tertiary/aromatic N) is 2. The molecule has 0 saturated carbocycles. The first-order chi connectivity index (χ1) is 13.8. The van der Waals surface area contributed by atoms with Crippen molar-refractivity contribution >= 4 is 17.8 Å². The van der Waals surface area contributed by atoms with Crippen molar-refractivity contribution in [2.75, 3.05) is 0 Å². The Labute approximate surface area is 167 Å². The number of hydrogen-bond donors (Lipinski definition) is 6. The van der Waals surface area contributed by atoms with Crippen molar-refractivity contribution in [2.24, 2.45) is 11.7 Å². The van der Waals surface area contributed by atoms with Crippen LogP contribution in [0.4, 0.5) is 0 Å². The van der Waals surface area contributed by atoms with Gasteiger partial charge < -0.3 is 31.4 Å². The lowest BCUT2D eigenvalue weighted by atomic mass is 9.98. The number of rotatable bonds is 11. The third-order valence-corrected chi connectivity index (χ3v) is 4.77. The standard InChI is InChI=1S/C18H27N7O4/c1-3-10(2)15(19)17(27)24-13(4-11-6-20-8-22-11)16(26)25-14(18(28)29)5-12-7-21-9-23-12/h6-10,13-15H,3-5,19H2,1-2H3,(H,20,22)(H,21,23)(H,24,27)(H,25,26)(H,28,29). The molecule has 0 aromatic carbocycles. The Morgan fingerprint density at radius 2 is 1.55 bits per heavy atom. The highest BCUT2D eigenvalue weighted by Gasteiger charge is 2.30. The molecule has 29 heavy (non-hydrogen) atoms. The summed E-state index contributed by atoms with van der Waals surface area (Å²) in [5, 5.41) is 14.6. The second-order valence-corrected chi connectivity index (χ2v) is 6.93. The highest BCUT2D eigenvalue weighted by Crippen LogP contribution is 2.07. The molecule has 0 radical (unpaired) electrons. The Morgan fingerprint density at radius 3 is 2.00 bits per heavy atom. The van der Waals surface area contributed by atoms with Crippen LogP contribution in [0.1, 0.15) is 31.7 Å². The summed E-state index contributed by atoms with van der Waals surface area (Å²) in [6, 6.07) is -2.98. The van der Waals surface area contributed by atoms with Crippen LogP contribution in [-0.2, 0) is 27.2 Å². The third-order valence-electron chi connectivity index (χ3n) is 4.77. The van der Waals surface area contributed by atoms with E-state index in [0.29, 0.717) is 17.8 Å². The number of nitrogens with two attached hydrogens (primary N) is 1. The molecule has 0 saturated heterocycles. The van der Waals surface area contributed by atoms with Crippen LogP contribution in [0, 0.1) is 5.92 Å². The predicted octanol–water partition coefficient (Wildman–Crippen LogP) is -0.654. The number of carboxylic acid groups (broad SMARTS) is 1. The second kappa shape index (κ2) is 10.4. The van der Waals surface area contributed by atoms with Crippen LogP contribution < -0.4 is 16.4 Å². The minimum absolute atomic E-state index is 0.0260. The van der Waals surface area contributed by atoms with Crippen molar-refractivity contribution in [3.63, 3.8) is 0 Å². The van der Waals surface area contributed by atoms with Crippen molar-refractivity contribution in [2.45, 2.75) is 51.2 Å². The molecule has 2 heterocycles. The first-order valence-electron chi connectivity index (χ1n) is 9.35. The fourth-order valence-electron chi connectivity index (χ4n) is 2.69. The number of H-pyrrole nitrogens is 2. The number of aromatic nitrogens is 4. The van der Waals surface area contributed by atoms with Crippen LogP contribution in [0.2, 0.25) is 0 Å². The molecule has 2 amide bonds. The van der Waals surface area contributed by atoms with Crippen LogP contribution in [-0.4, -0.2) is 61.0 Å². The number of carbonyl (C=O) groups is 3. The van der Waals surface area contributed by atoms with E-state index in [1.807, 2.05) is 13.8 Å². The minimum Gasteiger partial charge on any atom is -0.480 e. The fourth-order valence-corrected chi connectivity index (χ4v) is 2.69. The zero-order chi connectivity index (χ0) is 21.4. The molecule has 2 rings (SSSR count). The molecule has 11 heteroatoms. The molecule has 0 spiro atoms. The molecule has 2 aromatic rings. The van der Waals surface area contributed by atoms with E-state index in [0.717, 1.165) is 0 Å². The van der Waals surface area contributed by atoms with Crippen LogP contribution >= 0.6 is 0 Å². The molecule has 0 aliphatic carbocycles. The highest BCUT2D eigenvalue weighted by atomic mass is 16.4. The number of carbonyl (C=O) groups excluding carboxylic acids is 2. The highest BCUT2D eigenvalue weighted by molar-refractivity contribution is 5.92. The molecule has 0 aliphatic rings. The summed E-state index contributed by atoms with van der Waals surface area (Å²) >= 11 is 0. The van der Waals surface area contributed by atoms with Gasteiger partial charge in [-0.1, -0.05) is 20.3 Å². The molecule has 4 atom stereocenters. The average molecular weight is 405 g/mol. The Morgan fingerprint density at radius 1 is 1.03 bits per heavy atom. The molecular formula is C18H27N7O4.